The monoisotopic (exact) mass is 306 g/mol. The van der Waals surface area contributed by atoms with Crippen LogP contribution in [0.1, 0.15) is 19.3 Å². The van der Waals surface area contributed by atoms with Crippen LogP contribution < -0.4 is 5.32 Å². The first-order chi connectivity index (χ1) is 9.42. The summed E-state index contributed by atoms with van der Waals surface area (Å²) in [4.78, 5) is 35.1. The molecule has 0 aromatic carbocycles. The molecule has 8 heteroatoms. The number of ether oxygens (including phenoxy) is 1. The smallest absolute Gasteiger partial charge is 0.326 e. The molecule has 0 rings (SSSR count). The largest absolute Gasteiger partial charge is 0.480 e. The standard InChI is InChI=1S/C12H22N2O5S/c1-14(7-4-5-10(15)19-2)12(18)13-9(11(16)17)6-8-20-3/h9H,4-8H2,1-3H3,(H,13,18)(H,16,17)/t9-/m0/s1. The van der Waals surface area contributed by atoms with Gasteiger partial charge in [-0.25, -0.2) is 9.59 Å². The summed E-state index contributed by atoms with van der Waals surface area (Å²) < 4.78 is 4.49. The average Bonchev–Trinajstić information content (AvgIpc) is 2.42. The Labute approximate surface area is 123 Å². The average molecular weight is 306 g/mol. The summed E-state index contributed by atoms with van der Waals surface area (Å²) in [5.74, 6) is -0.721. The maximum Gasteiger partial charge on any atom is 0.326 e. The number of hydrogen-bond donors (Lipinski definition) is 2. The van der Waals surface area contributed by atoms with Crippen LogP contribution in [0.2, 0.25) is 0 Å². The van der Waals surface area contributed by atoms with Crippen molar-refractivity contribution in [3.63, 3.8) is 0 Å². The van der Waals surface area contributed by atoms with Crippen LogP contribution in [0.5, 0.6) is 0 Å². The Morgan fingerprint density at radius 1 is 1.40 bits per heavy atom. The Bertz CT molecular complexity index is 338. The predicted octanol–water partition coefficient (Wildman–Crippen LogP) is 0.787. The molecule has 0 bridgehead atoms. The number of urea groups is 1. The second kappa shape index (κ2) is 10.4. The highest BCUT2D eigenvalue weighted by atomic mass is 32.2. The summed E-state index contributed by atoms with van der Waals surface area (Å²) in [7, 11) is 2.86. The maximum atomic E-state index is 11.8. The number of hydrogen-bond acceptors (Lipinski definition) is 5. The molecule has 20 heavy (non-hydrogen) atoms. The summed E-state index contributed by atoms with van der Waals surface area (Å²) >= 11 is 1.52. The van der Waals surface area contributed by atoms with Crippen molar-refractivity contribution in [2.24, 2.45) is 0 Å². The Hall–Kier alpha value is -1.44. The van der Waals surface area contributed by atoms with Crippen molar-refractivity contribution >= 4 is 29.7 Å². The van der Waals surface area contributed by atoms with Crippen molar-refractivity contribution in [3.05, 3.63) is 0 Å². The number of rotatable bonds is 9. The predicted molar refractivity (Wildman–Crippen MR) is 76.8 cm³/mol. The van der Waals surface area contributed by atoms with Crippen LogP contribution in [0.15, 0.2) is 0 Å². The van der Waals surface area contributed by atoms with Gasteiger partial charge in [0.25, 0.3) is 0 Å². The Morgan fingerprint density at radius 3 is 2.55 bits per heavy atom. The topological polar surface area (TPSA) is 95.9 Å². The van der Waals surface area contributed by atoms with Crippen LogP contribution in [0.25, 0.3) is 0 Å². The Kier molecular flexibility index (Phi) is 9.61. The van der Waals surface area contributed by atoms with E-state index in [4.69, 9.17) is 5.11 Å². The summed E-state index contributed by atoms with van der Waals surface area (Å²) in [5, 5.41) is 11.5. The van der Waals surface area contributed by atoms with Crippen LogP contribution in [0.3, 0.4) is 0 Å². The zero-order chi connectivity index (χ0) is 15.5. The molecule has 7 nitrogen and oxygen atoms in total. The van der Waals surface area contributed by atoms with E-state index in [1.165, 1.54) is 23.8 Å². The number of esters is 1. The molecule has 0 unspecified atom stereocenters. The quantitative estimate of drug-likeness (QED) is 0.611. The van der Waals surface area contributed by atoms with Crippen molar-refractivity contribution in [2.75, 3.05) is 32.7 Å². The fraction of sp³-hybridized carbons (Fsp3) is 0.750. The molecule has 0 aliphatic carbocycles. The third kappa shape index (κ3) is 7.88. The number of nitrogens with zero attached hydrogens (tertiary/aromatic N) is 1. The fourth-order valence-corrected chi connectivity index (χ4v) is 1.89. The third-order valence-corrected chi connectivity index (χ3v) is 3.30. The van der Waals surface area contributed by atoms with E-state index in [0.29, 0.717) is 25.1 Å². The lowest BCUT2D eigenvalue weighted by Crippen LogP contribution is -2.47. The van der Waals surface area contributed by atoms with Crippen LogP contribution in [0.4, 0.5) is 4.79 Å². The van der Waals surface area contributed by atoms with E-state index in [9.17, 15) is 14.4 Å². The number of carboxylic acids is 1. The molecule has 0 aromatic rings. The van der Waals surface area contributed by atoms with E-state index in [2.05, 4.69) is 10.1 Å². The highest BCUT2D eigenvalue weighted by Gasteiger charge is 2.21. The summed E-state index contributed by atoms with van der Waals surface area (Å²) in [5.41, 5.74) is 0. The number of carbonyl (C=O) groups is 3. The number of amides is 2. The van der Waals surface area contributed by atoms with Gasteiger partial charge in [0.15, 0.2) is 0 Å². The van der Waals surface area contributed by atoms with Crippen LogP contribution >= 0.6 is 11.8 Å². The van der Waals surface area contributed by atoms with Gasteiger partial charge >= 0.3 is 18.0 Å². The van der Waals surface area contributed by atoms with Crippen molar-refractivity contribution in [3.8, 4) is 0 Å². The highest BCUT2D eigenvalue weighted by Crippen LogP contribution is 2.02. The first-order valence-electron chi connectivity index (χ1n) is 6.22. The number of nitrogens with one attached hydrogen (secondary N) is 1. The summed E-state index contributed by atoms with van der Waals surface area (Å²) in [6.45, 7) is 0.357. The molecule has 1 atom stereocenters. The molecule has 116 valence electrons. The van der Waals surface area contributed by atoms with Crippen molar-refractivity contribution < 1.29 is 24.2 Å². The first kappa shape index (κ1) is 18.6. The van der Waals surface area contributed by atoms with E-state index >= 15 is 0 Å². The van der Waals surface area contributed by atoms with Gasteiger partial charge in [-0.15, -0.1) is 0 Å². The van der Waals surface area contributed by atoms with Crippen molar-refractivity contribution in [1.29, 1.82) is 0 Å². The van der Waals surface area contributed by atoms with Gasteiger partial charge in [-0.05, 0) is 24.9 Å². The van der Waals surface area contributed by atoms with Gasteiger partial charge in [0.1, 0.15) is 6.04 Å². The van der Waals surface area contributed by atoms with Crippen LogP contribution in [0, 0.1) is 0 Å². The second-order valence-corrected chi connectivity index (χ2v) is 5.21. The minimum Gasteiger partial charge on any atom is -0.480 e. The van der Waals surface area contributed by atoms with Crippen molar-refractivity contribution in [2.45, 2.75) is 25.3 Å². The molecule has 2 N–H and O–H groups in total. The molecule has 0 fully saturated rings. The molecule has 0 aliphatic rings. The third-order valence-electron chi connectivity index (χ3n) is 2.66. The SMILES string of the molecule is COC(=O)CCCN(C)C(=O)N[C@@H](CCSC)C(=O)O. The molecule has 0 aliphatic heterocycles. The number of methoxy groups -OCH3 is 1. The molecule has 0 saturated carbocycles. The molecular formula is C12H22N2O5S. The number of thioether (sulfide) groups is 1. The lowest BCUT2D eigenvalue weighted by atomic mass is 10.2. The van der Waals surface area contributed by atoms with Gasteiger partial charge in [-0.1, -0.05) is 0 Å². The highest BCUT2D eigenvalue weighted by molar-refractivity contribution is 7.98. The molecule has 0 spiro atoms. The summed E-state index contributed by atoms with van der Waals surface area (Å²) in [6.07, 6.45) is 2.94. The van der Waals surface area contributed by atoms with Gasteiger partial charge in [0, 0.05) is 20.0 Å². The number of aliphatic carboxylic acids is 1. The molecule has 0 radical (unpaired) electrons. The van der Waals surface area contributed by atoms with E-state index in [1.807, 2.05) is 6.26 Å². The van der Waals surface area contributed by atoms with E-state index in [0.717, 1.165) is 0 Å². The zero-order valence-corrected chi connectivity index (χ0v) is 12.9. The molecular weight excluding hydrogens is 284 g/mol. The van der Waals surface area contributed by atoms with E-state index < -0.39 is 18.0 Å². The Balaban J connectivity index is 4.14. The van der Waals surface area contributed by atoms with E-state index in [-0.39, 0.29) is 12.4 Å². The minimum atomic E-state index is -1.05. The van der Waals surface area contributed by atoms with E-state index in [1.54, 1.807) is 7.05 Å². The van der Waals surface area contributed by atoms with Gasteiger partial charge in [0.05, 0.1) is 7.11 Å². The minimum absolute atomic E-state index is 0.225. The lowest BCUT2D eigenvalue weighted by molar-refractivity contribution is -0.141. The maximum absolute atomic E-state index is 11.8. The lowest BCUT2D eigenvalue weighted by Gasteiger charge is -2.21. The van der Waals surface area contributed by atoms with Gasteiger partial charge < -0.3 is 20.1 Å². The van der Waals surface area contributed by atoms with Gasteiger partial charge in [0.2, 0.25) is 0 Å². The van der Waals surface area contributed by atoms with Gasteiger partial charge in [-0.3, -0.25) is 4.79 Å². The molecule has 2 amide bonds. The van der Waals surface area contributed by atoms with Gasteiger partial charge in [-0.2, -0.15) is 11.8 Å². The fourth-order valence-electron chi connectivity index (χ4n) is 1.42. The number of carboxylic acid groups (broad SMARTS) is 1. The van der Waals surface area contributed by atoms with Crippen LogP contribution in [-0.4, -0.2) is 66.7 Å². The Morgan fingerprint density at radius 2 is 2.05 bits per heavy atom. The second-order valence-electron chi connectivity index (χ2n) is 4.22. The first-order valence-corrected chi connectivity index (χ1v) is 7.62. The summed E-state index contributed by atoms with van der Waals surface area (Å²) in [6, 6.07) is -1.35. The normalized spacial score (nSPS) is 11.6. The molecule has 0 saturated heterocycles. The van der Waals surface area contributed by atoms with Crippen LogP contribution in [-0.2, 0) is 14.3 Å². The number of carbonyl (C=O) groups excluding carboxylic acids is 2. The van der Waals surface area contributed by atoms with Crippen molar-refractivity contribution in [1.82, 2.24) is 10.2 Å². The molecule has 0 aromatic heterocycles. The molecule has 0 heterocycles. The zero-order valence-electron chi connectivity index (χ0n) is 12.0.